The van der Waals surface area contributed by atoms with Crippen molar-refractivity contribution in [2.75, 3.05) is 14.2 Å². The second-order valence-electron chi connectivity index (χ2n) is 9.88. The minimum Gasteiger partial charge on any atom is -0.456 e. The number of halogens is 2. The van der Waals surface area contributed by atoms with Crippen LogP contribution in [0.3, 0.4) is 0 Å². The van der Waals surface area contributed by atoms with Gasteiger partial charge in [-0.1, -0.05) is 35.3 Å². The van der Waals surface area contributed by atoms with Crippen LogP contribution in [0.4, 0.5) is 0 Å². The van der Waals surface area contributed by atoms with Crippen LogP contribution in [0.15, 0.2) is 35.1 Å². The van der Waals surface area contributed by atoms with Gasteiger partial charge in [0.15, 0.2) is 0 Å². The van der Waals surface area contributed by atoms with Gasteiger partial charge < -0.3 is 14.0 Å². The fraction of sp³-hybridized carbons (Fsp3) is 0.538. The number of carbonyl (C=O) groups excluding carboxylic acids is 1. The van der Waals surface area contributed by atoms with Crippen molar-refractivity contribution in [2.24, 2.45) is 0 Å². The topological polar surface area (TPSA) is 60.8 Å². The first-order chi connectivity index (χ1) is 16.0. The molecule has 34 heavy (non-hydrogen) atoms. The number of rotatable bonds is 8. The van der Waals surface area contributed by atoms with Gasteiger partial charge in [0.25, 0.3) is 5.56 Å². The van der Waals surface area contributed by atoms with Gasteiger partial charge in [-0.3, -0.25) is 9.69 Å². The molecule has 1 aromatic heterocycles. The monoisotopic (exact) mass is 508 g/mol. The van der Waals surface area contributed by atoms with Gasteiger partial charge >= 0.3 is 5.97 Å². The smallest absolute Gasteiger partial charge is 0.338 e. The predicted molar refractivity (Wildman–Crippen MR) is 136 cm³/mol. The molecule has 1 aromatic carbocycles. The van der Waals surface area contributed by atoms with E-state index in [1.165, 1.54) is 6.07 Å². The van der Waals surface area contributed by atoms with Crippen LogP contribution in [0.25, 0.3) is 0 Å². The van der Waals surface area contributed by atoms with E-state index in [0.717, 1.165) is 30.5 Å². The predicted octanol–water partition coefficient (Wildman–Crippen LogP) is 5.35. The summed E-state index contributed by atoms with van der Waals surface area (Å²) in [5, 5.41) is 0.580. The van der Waals surface area contributed by atoms with E-state index < -0.39 is 5.60 Å². The zero-order valence-corrected chi connectivity index (χ0v) is 22.1. The van der Waals surface area contributed by atoms with E-state index in [1.54, 1.807) is 23.8 Å². The fourth-order valence-electron chi connectivity index (χ4n) is 4.46. The Morgan fingerprint density at radius 3 is 2.44 bits per heavy atom. The quantitative estimate of drug-likeness (QED) is 0.449. The maximum absolute atomic E-state index is 12.9. The molecule has 1 aliphatic carbocycles. The third-order valence-electron chi connectivity index (χ3n) is 6.20. The molecule has 0 bridgehead atoms. The van der Waals surface area contributed by atoms with Crippen LogP contribution in [0.1, 0.15) is 61.6 Å². The normalized spacial score (nSPS) is 18.5. The summed E-state index contributed by atoms with van der Waals surface area (Å²) in [6.07, 6.45) is 3.97. The maximum Gasteiger partial charge on any atom is 0.338 e. The number of carbonyl (C=O) groups is 1. The average molecular weight is 509 g/mol. The summed E-state index contributed by atoms with van der Waals surface area (Å²) in [5.41, 5.74) is 1.42. The Morgan fingerprint density at radius 1 is 1.15 bits per heavy atom. The lowest BCUT2D eigenvalue weighted by Gasteiger charge is -2.30. The van der Waals surface area contributed by atoms with Crippen LogP contribution in [0.2, 0.25) is 10.0 Å². The second kappa shape index (κ2) is 11.3. The Bertz CT molecular complexity index is 1060. The SMILES string of the molecule is CO[C@H]1CCC[C@@H]1N(C)Cc1c(Cl)cc(Cl)c(=O)n1CCc1ccc(C(=O)OC(C)(C)C)cc1. The summed E-state index contributed by atoms with van der Waals surface area (Å²) in [5.74, 6) is -0.358. The lowest BCUT2D eigenvalue weighted by molar-refractivity contribution is 0.00695. The van der Waals surface area contributed by atoms with Gasteiger partial charge in [-0.2, -0.15) is 0 Å². The number of hydrogen-bond acceptors (Lipinski definition) is 5. The number of aryl methyl sites for hydroxylation is 1. The first-order valence-corrected chi connectivity index (χ1v) is 12.4. The number of likely N-dealkylation sites (N-methyl/N-ethyl adjacent to an activating group) is 1. The van der Waals surface area contributed by atoms with Crippen molar-refractivity contribution in [3.63, 3.8) is 0 Å². The van der Waals surface area contributed by atoms with E-state index in [4.69, 9.17) is 32.7 Å². The molecule has 0 spiro atoms. The van der Waals surface area contributed by atoms with Crippen molar-refractivity contribution >= 4 is 29.2 Å². The molecular weight excluding hydrogens is 475 g/mol. The van der Waals surface area contributed by atoms with Gasteiger partial charge in [0, 0.05) is 26.2 Å². The number of hydrogen-bond donors (Lipinski definition) is 0. The molecular formula is C26H34Cl2N2O4. The molecule has 1 aliphatic rings. The molecule has 0 aliphatic heterocycles. The molecule has 186 valence electrons. The molecule has 0 N–H and O–H groups in total. The number of benzene rings is 1. The molecule has 0 radical (unpaired) electrons. The summed E-state index contributed by atoms with van der Waals surface area (Å²) < 4.78 is 12.7. The molecule has 0 amide bonds. The van der Waals surface area contributed by atoms with Crippen LogP contribution in [-0.4, -0.2) is 47.3 Å². The molecule has 0 saturated heterocycles. The third kappa shape index (κ3) is 6.63. The maximum atomic E-state index is 12.9. The Balaban J connectivity index is 1.76. The van der Waals surface area contributed by atoms with E-state index in [9.17, 15) is 9.59 Å². The van der Waals surface area contributed by atoms with Crippen LogP contribution in [0, 0.1) is 0 Å². The van der Waals surface area contributed by atoms with Gasteiger partial charge in [0.05, 0.1) is 22.4 Å². The van der Waals surface area contributed by atoms with Crippen molar-refractivity contribution in [3.8, 4) is 0 Å². The number of methoxy groups -OCH3 is 1. The van der Waals surface area contributed by atoms with E-state index in [1.807, 2.05) is 40.0 Å². The van der Waals surface area contributed by atoms with Crippen molar-refractivity contribution in [1.29, 1.82) is 0 Å². The second-order valence-corrected chi connectivity index (χ2v) is 10.7. The van der Waals surface area contributed by atoms with Crippen molar-refractivity contribution in [3.05, 3.63) is 67.6 Å². The molecule has 1 saturated carbocycles. The summed E-state index contributed by atoms with van der Waals surface area (Å²) >= 11 is 12.8. The van der Waals surface area contributed by atoms with Crippen molar-refractivity contribution < 1.29 is 14.3 Å². The number of pyridine rings is 1. The standard InChI is InChI=1S/C26H34Cl2N2O4/c1-26(2,3)34-25(32)18-11-9-17(10-12-18)13-14-30-22(19(27)15-20(28)24(30)31)16-29(4)21-7-6-8-23(21)33-5/h9-12,15,21,23H,6-8,13-14,16H2,1-5H3/t21-,23-/m0/s1. The molecule has 2 aromatic rings. The first-order valence-electron chi connectivity index (χ1n) is 11.6. The van der Waals surface area contributed by atoms with Gasteiger partial charge in [0.2, 0.25) is 0 Å². The molecule has 6 nitrogen and oxygen atoms in total. The summed E-state index contributed by atoms with van der Waals surface area (Å²) in [4.78, 5) is 27.4. The highest BCUT2D eigenvalue weighted by atomic mass is 35.5. The highest BCUT2D eigenvalue weighted by molar-refractivity contribution is 6.34. The molecule has 1 fully saturated rings. The number of aromatic nitrogens is 1. The average Bonchev–Trinajstić information content (AvgIpc) is 3.25. The minimum atomic E-state index is -0.548. The number of ether oxygens (including phenoxy) is 2. The zero-order valence-electron chi connectivity index (χ0n) is 20.6. The molecule has 2 atom stereocenters. The highest BCUT2D eigenvalue weighted by Crippen LogP contribution is 2.28. The van der Waals surface area contributed by atoms with Crippen LogP contribution in [-0.2, 0) is 29.0 Å². The lowest BCUT2D eigenvalue weighted by Crippen LogP contribution is -2.39. The van der Waals surface area contributed by atoms with Crippen molar-refractivity contribution in [2.45, 2.75) is 77.3 Å². The lowest BCUT2D eigenvalue weighted by atomic mass is 10.1. The number of esters is 1. The Hall–Kier alpha value is -1.86. The van der Waals surface area contributed by atoms with Gasteiger partial charge in [-0.15, -0.1) is 0 Å². The Morgan fingerprint density at radius 2 is 1.82 bits per heavy atom. The van der Waals surface area contributed by atoms with Crippen molar-refractivity contribution in [1.82, 2.24) is 9.47 Å². The third-order valence-corrected chi connectivity index (χ3v) is 6.80. The van der Waals surface area contributed by atoms with Crippen LogP contribution < -0.4 is 5.56 Å². The zero-order chi connectivity index (χ0) is 25.0. The van der Waals surface area contributed by atoms with Gasteiger partial charge in [0.1, 0.15) is 10.6 Å². The van der Waals surface area contributed by atoms with E-state index >= 15 is 0 Å². The van der Waals surface area contributed by atoms with Crippen LogP contribution >= 0.6 is 23.2 Å². The summed E-state index contributed by atoms with van der Waals surface area (Å²) in [6.45, 7) is 6.46. The van der Waals surface area contributed by atoms with Gasteiger partial charge in [-0.25, -0.2) is 4.79 Å². The molecule has 8 heteroatoms. The Kier molecular flexibility index (Phi) is 8.85. The summed E-state index contributed by atoms with van der Waals surface area (Å²) in [7, 11) is 3.78. The highest BCUT2D eigenvalue weighted by Gasteiger charge is 2.31. The summed E-state index contributed by atoms with van der Waals surface area (Å²) in [6, 6.07) is 9.06. The van der Waals surface area contributed by atoms with E-state index in [0.29, 0.717) is 30.1 Å². The van der Waals surface area contributed by atoms with E-state index in [2.05, 4.69) is 4.90 Å². The van der Waals surface area contributed by atoms with E-state index in [-0.39, 0.29) is 28.7 Å². The number of nitrogens with zero attached hydrogens (tertiary/aromatic N) is 2. The largest absolute Gasteiger partial charge is 0.456 e. The molecule has 0 unspecified atom stereocenters. The Labute approximate surface area is 211 Å². The first kappa shape index (κ1) is 26.7. The molecule has 3 rings (SSSR count). The fourth-order valence-corrected chi connectivity index (χ4v) is 5.00. The van der Waals surface area contributed by atoms with Gasteiger partial charge in [-0.05, 0) is 77.3 Å². The molecule has 1 heterocycles. The minimum absolute atomic E-state index is 0.104. The van der Waals surface area contributed by atoms with Crippen LogP contribution in [0.5, 0.6) is 0 Å².